The summed E-state index contributed by atoms with van der Waals surface area (Å²) in [5.74, 6) is 0.747. The van der Waals surface area contributed by atoms with Crippen LogP contribution in [0.1, 0.15) is 55.5 Å². The van der Waals surface area contributed by atoms with Crippen LogP contribution in [0.3, 0.4) is 0 Å². The average molecular weight is 629 g/mol. The molecule has 0 radical (unpaired) electrons. The lowest BCUT2D eigenvalue weighted by Crippen LogP contribution is -2.30. The zero-order chi connectivity index (χ0) is 32.6. The first-order valence-electron chi connectivity index (χ1n) is 14.4. The second-order valence-electron chi connectivity index (χ2n) is 11.9. The van der Waals surface area contributed by atoms with Crippen molar-refractivity contribution >= 4 is 40.3 Å². The van der Waals surface area contributed by atoms with Gasteiger partial charge < -0.3 is 29.6 Å². The van der Waals surface area contributed by atoms with Gasteiger partial charge in [0, 0.05) is 40.8 Å². The number of nitro groups is 1. The largest absolute Gasteiger partial charge is 0.494 e. The number of methoxy groups -OCH3 is 2. The highest BCUT2D eigenvalue weighted by atomic mass is 32.1. The highest BCUT2D eigenvalue weighted by molar-refractivity contribution is 7.80. The molecular formula is C33H36N6O5S. The molecule has 0 saturated carbocycles. The van der Waals surface area contributed by atoms with Crippen LogP contribution in [0.2, 0.25) is 0 Å². The fourth-order valence-corrected chi connectivity index (χ4v) is 5.96. The number of amides is 1. The Morgan fingerprint density at radius 2 is 1.78 bits per heavy atom. The van der Waals surface area contributed by atoms with Crippen molar-refractivity contribution in [3.8, 4) is 17.2 Å². The monoisotopic (exact) mass is 628 g/mol. The van der Waals surface area contributed by atoms with E-state index in [0.717, 1.165) is 28.3 Å². The molecule has 2 atom stereocenters. The standard InChI is InChI=1S/C33H36N6O5S/c1-19-16-23(20(2)37(19)26-14-12-22(39(41)42)18-28(26)44-7)30-29(25-10-8-9-15-34-25)36-32(45)38(30)21-11-13-24(27(17-21)43-6)35-31(40)33(3,4)5/h8-18,29-30H,1-7H3,(H,35,40)(H,36,45)/t29-,30+/m1/s1. The molecule has 5 rings (SSSR count). The minimum atomic E-state index is -0.583. The van der Waals surface area contributed by atoms with E-state index in [1.165, 1.54) is 19.2 Å². The van der Waals surface area contributed by atoms with Crippen molar-refractivity contribution in [2.75, 3.05) is 24.4 Å². The summed E-state index contributed by atoms with van der Waals surface area (Å²) < 4.78 is 13.3. The van der Waals surface area contributed by atoms with Crippen LogP contribution in [0, 0.1) is 29.4 Å². The van der Waals surface area contributed by atoms with Gasteiger partial charge in [0.25, 0.3) is 5.69 Å². The van der Waals surface area contributed by atoms with Crippen molar-refractivity contribution in [3.63, 3.8) is 0 Å². The Kier molecular flexibility index (Phi) is 8.53. The number of pyridine rings is 1. The van der Waals surface area contributed by atoms with E-state index in [-0.39, 0.29) is 23.7 Å². The number of carbonyl (C=O) groups is 1. The van der Waals surface area contributed by atoms with Gasteiger partial charge in [-0.3, -0.25) is 19.9 Å². The molecule has 4 aromatic rings. The molecule has 234 valence electrons. The van der Waals surface area contributed by atoms with Crippen molar-refractivity contribution in [1.29, 1.82) is 0 Å². The van der Waals surface area contributed by atoms with Crippen LogP contribution in [-0.4, -0.2) is 39.7 Å². The first-order chi connectivity index (χ1) is 21.3. The Morgan fingerprint density at radius 3 is 2.40 bits per heavy atom. The predicted octanol–water partition coefficient (Wildman–Crippen LogP) is 6.58. The van der Waals surface area contributed by atoms with Gasteiger partial charge in [0.2, 0.25) is 5.91 Å². The SMILES string of the molecule is COc1cc(N2C(=S)N[C@H](c3ccccn3)[C@@H]2c2cc(C)n(-c3ccc([N+](=O)[O-])cc3OC)c2C)ccc1NC(=O)C(C)(C)C. The lowest BCUT2D eigenvalue weighted by Gasteiger charge is -2.29. The first kappa shape index (κ1) is 31.5. The molecule has 0 unspecified atom stereocenters. The van der Waals surface area contributed by atoms with E-state index < -0.39 is 10.3 Å². The molecule has 0 bridgehead atoms. The van der Waals surface area contributed by atoms with Crippen LogP contribution < -0.4 is 25.0 Å². The Balaban J connectivity index is 1.65. The zero-order valence-electron chi connectivity index (χ0n) is 26.2. The maximum absolute atomic E-state index is 12.8. The number of nitrogens with zero attached hydrogens (tertiary/aromatic N) is 4. The number of hydrogen-bond donors (Lipinski definition) is 2. The molecule has 3 heterocycles. The third-order valence-corrected chi connectivity index (χ3v) is 8.21. The van der Waals surface area contributed by atoms with E-state index >= 15 is 0 Å². The van der Waals surface area contributed by atoms with Gasteiger partial charge in [-0.05, 0) is 68.0 Å². The quantitative estimate of drug-likeness (QED) is 0.127. The van der Waals surface area contributed by atoms with Crippen molar-refractivity contribution in [2.45, 2.75) is 46.7 Å². The maximum atomic E-state index is 12.8. The van der Waals surface area contributed by atoms with Gasteiger partial charge in [-0.15, -0.1) is 0 Å². The Morgan fingerprint density at radius 1 is 1.04 bits per heavy atom. The number of carbonyl (C=O) groups excluding carboxylic acids is 1. The van der Waals surface area contributed by atoms with Gasteiger partial charge in [0.05, 0.1) is 54.4 Å². The minimum Gasteiger partial charge on any atom is -0.494 e. The summed E-state index contributed by atoms with van der Waals surface area (Å²) in [7, 11) is 3.06. The molecule has 45 heavy (non-hydrogen) atoms. The normalized spacial score (nSPS) is 16.3. The molecule has 2 N–H and O–H groups in total. The van der Waals surface area contributed by atoms with Gasteiger partial charge in [0.15, 0.2) is 5.11 Å². The Labute approximate surface area is 267 Å². The number of benzene rings is 2. The molecule has 1 amide bonds. The van der Waals surface area contributed by atoms with E-state index in [0.29, 0.717) is 28.0 Å². The second kappa shape index (κ2) is 12.2. The maximum Gasteiger partial charge on any atom is 0.273 e. The van der Waals surface area contributed by atoms with Gasteiger partial charge >= 0.3 is 0 Å². The summed E-state index contributed by atoms with van der Waals surface area (Å²) in [5, 5.41) is 18.4. The summed E-state index contributed by atoms with van der Waals surface area (Å²) in [6, 6.07) is 17.4. The molecular weight excluding hydrogens is 592 g/mol. The zero-order valence-corrected chi connectivity index (χ0v) is 27.1. The van der Waals surface area contributed by atoms with Gasteiger partial charge in [-0.2, -0.15) is 0 Å². The van der Waals surface area contributed by atoms with Gasteiger partial charge in [0.1, 0.15) is 11.5 Å². The molecule has 1 fully saturated rings. The summed E-state index contributed by atoms with van der Waals surface area (Å²) in [5.41, 5.74) is 4.96. The number of thiocarbonyl (C=S) groups is 1. The van der Waals surface area contributed by atoms with Crippen LogP contribution in [0.25, 0.3) is 5.69 Å². The third kappa shape index (κ3) is 5.93. The molecule has 0 spiro atoms. The first-order valence-corrected chi connectivity index (χ1v) is 14.8. The molecule has 2 aromatic carbocycles. The molecule has 0 aliphatic carbocycles. The fraction of sp³-hybridized carbons (Fsp3) is 0.303. The number of aryl methyl sites for hydroxylation is 1. The van der Waals surface area contributed by atoms with Crippen LogP contribution in [0.15, 0.2) is 66.9 Å². The topological polar surface area (TPSA) is 124 Å². The molecule has 12 heteroatoms. The predicted molar refractivity (Wildman–Crippen MR) is 177 cm³/mol. The Bertz CT molecular complexity index is 1780. The van der Waals surface area contributed by atoms with Crippen molar-refractivity contribution in [1.82, 2.24) is 14.9 Å². The summed E-state index contributed by atoms with van der Waals surface area (Å²) in [6.07, 6.45) is 1.75. The minimum absolute atomic E-state index is 0.0545. The number of hydrogen-bond acceptors (Lipinski definition) is 7. The summed E-state index contributed by atoms with van der Waals surface area (Å²) in [6.45, 7) is 9.53. The molecule has 11 nitrogen and oxygen atoms in total. The number of aromatic nitrogens is 2. The van der Waals surface area contributed by atoms with E-state index in [9.17, 15) is 14.9 Å². The van der Waals surface area contributed by atoms with Crippen LogP contribution in [-0.2, 0) is 4.79 Å². The number of ether oxygens (including phenoxy) is 2. The summed E-state index contributed by atoms with van der Waals surface area (Å²) in [4.78, 5) is 30.5. The Hall–Kier alpha value is -4.97. The van der Waals surface area contributed by atoms with Crippen LogP contribution in [0.4, 0.5) is 17.1 Å². The van der Waals surface area contributed by atoms with Crippen molar-refractivity contribution in [3.05, 3.63) is 99.6 Å². The van der Waals surface area contributed by atoms with Crippen LogP contribution >= 0.6 is 12.2 Å². The van der Waals surface area contributed by atoms with E-state index in [2.05, 4.69) is 21.7 Å². The third-order valence-electron chi connectivity index (χ3n) is 7.89. The smallest absolute Gasteiger partial charge is 0.273 e. The highest BCUT2D eigenvalue weighted by Crippen LogP contribution is 2.45. The van der Waals surface area contributed by atoms with E-state index in [1.807, 2.05) is 80.5 Å². The van der Waals surface area contributed by atoms with Gasteiger partial charge in [-0.1, -0.05) is 26.8 Å². The van der Waals surface area contributed by atoms with Gasteiger partial charge in [-0.25, -0.2) is 0 Å². The number of nitrogens with one attached hydrogen (secondary N) is 2. The fourth-order valence-electron chi connectivity index (χ4n) is 5.61. The number of rotatable bonds is 8. The second-order valence-corrected chi connectivity index (χ2v) is 12.2. The highest BCUT2D eigenvalue weighted by Gasteiger charge is 2.42. The number of anilines is 2. The molecule has 2 aromatic heterocycles. The van der Waals surface area contributed by atoms with E-state index in [4.69, 9.17) is 21.7 Å². The number of non-ortho nitro benzene ring substituents is 1. The molecule has 1 aliphatic heterocycles. The average Bonchev–Trinajstić information content (AvgIpc) is 3.51. The van der Waals surface area contributed by atoms with Crippen molar-refractivity contribution < 1.29 is 19.2 Å². The molecule has 1 aliphatic rings. The lowest BCUT2D eigenvalue weighted by atomic mass is 9.95. The van der Waals surface area contributed by atoms with Crippen LogP contribution in [0.5, 0.6) is 11.5 Å². The molecule has 1 saturated heterocycles. The van der Waals surface area contributed by atoms with Crippen molar-refractivity contribution in [2.24, 2.45) is 5.41 Å². The lowest BCUT2D eigenvalue weighted by molar-refractivity contribution is -0.384. The van der Waals surface area contributed by atoms with E-state index in [1.54, 1.807) is 19.4 Å². The number of nitro benzene ring substituents is 1. The summed E-state index contributed by atoms with van der Waals surface area (Å²) >= 11 is 5.95.